The van der Waals surface area contributed by atoms with Gasteiger partial charge in [-0.05, 0) is 30.3 Å². The third-order valence-electron chi connectivity index (χ3n) is 3.56. The maximum absolute atomic E-state index is 13.2. The summed E-state index contributed by atoms with van der Waals surface area (Å²) in [5.41, 5.74) is 7.41. The molecule has 3 N–H and O–H groups in total. The van der Waals surface area contributed by atoms with E-state index in [1.807, 2.05) is 12.1 Å². The number of hydrogen-bond acceptors (Lipinski definition) is 7. The number of methoxy groups -OCH3 is 1. The Hall–Kier alpha value is -2.84. The Balaban J connectivity index is 1.70. The molecule has 0 spiro atoms. The quantitative estimate of drug-likeness (QED) is 0.607. The summed E-state index contributed by atoms with van der Waals surface area (Å²) in [7, 11) is 1.55. The normalized spacial score (nSPS) is 11.8. The van der Waals surface area contributed by atoms with Gasteiger partial charge in [0.2, 0.25) is 0 Å². The lowest BCUT2D eigenvalue weighted by molar-refractivity contribution is 0.260. The van der Waals surface area contributed by atoms with Crippen molar-refractivity contribution in [1.82, 2.24) is 10.3 Å². The summed E-state index contributed by atoms with van der Waals surface area (Å²) in [6, 6.07) is 11.4. The smallest absolute Gasteiger partial charge is 0.161 e. The summed E-state index contributed by atoms with van der Waals surface area (Å²) >= 11 is 5.77. The van der Waals surface area contributed by atoms with Gasteiger partial charge in [-0.3, -0.25) is 0 Å². The molecule has 0 aliphatic carbocycles. The second-order valence-corrected chi connectivity index (χ2v) is 5.69. The van der Waals surface area contributed by atoms with Gasteiger partial charge in [-0.2, -0.15) is 0 Å². The average Bonchev–Trinajstić information content (AvgIpc) is 3.12. The molecule has 0 aliphatic rings. The second kappa shape index (κ2) is 8.03. The van der Waals surface area contributed by atoms with Gasteiger partial charge in [-0.15, -0.1) is 0 Å². The summed E-state index contributed by atoms with van der Waals surface area (Å²) in [4.78, 5) is 0. The van der Waals surface area contributed by atoms with Crippen LogP contribution in [0.2, 0.25) is 5.02 Å². The van der Waals surface area contributed by atoms with Gasteiger partial charge in [0.1, 0.15) is 30.0 Å². The van der Waals surface area contributed by atoms with Gasteiger partial charge in [0.25, 0.3) is 0 Å². The first-order valence-electron chi connectivity index (χ1n) is 7.63. The Morgan fingerprint density at radius 2 is 2.00 bits per heavy atom. The first kappa shape index (κ1) is 18.0. The topological polar surface area (TPSA) is 95.4 Å². The van der Waals surface area contributed by atoms with Crippen molar-refractivity contribution in [3.63, 3.8) is 0 Å². The van der Waals surface area contributed by atoms with Crippen molar-refractivity contribution in [1.29, 1.82) is 0 Å². The Morgan fingerprint density at radius 1 is 1.23 bits per heavy atom. The maximum Gasteiger partial charge on any atom is 0.161 e. The Bertz CT molecular complexity index is 890. The van der Waals surface area contributed by atoms with Crippen molar-refractivity contribution in [3.8, 4) is 11.5 Å². The van der Waals surface area contributed by atoms with Crippen LogP contribution in [0.15, 0.2) is 47.1 Å². The van der Waals surface area contributed by atoms with E-state index in [-0.39, 0.29) is 11.6 Å². The van der Waals surface area contributed by atoms with Crippen molar-refractivity contribution in [2.75, 3.05) is 12.4 Å². The molecule has 136 valence electrons. The van der Waals surface area contributed by atoms with Crippen LogP contribution >= 0.6 is 11.6 Å². The molecule has 3 rings (SSSR count). The maximum atomic E-state index is 13.2. The Kier molecular flexibility index (Phi) is 5.55. The summed E-state index contributed by atoms with van der Waals surface area (Å²) in [5.74, 6) is 0.629. The van der Waals surface area contributed by atoms with E-state index in [2.05, 4.69) is 15.6 Å². The predicted molar refractivity (Wildman–Crippen MR) is 93.6 cm³/mol. The van der Waals surface area contributed by atoms with Crippen LogP contribution in [-0.2, 0) is 6.61 Å². The number of rotatable bonds is 7. The first-order valence-corrected chi connectivity index (χ1v) is 8.00. The Morgan fingerprint density at radius 3 is 2.73 bits per heavy atom. The molecule has 0 saturated carbocycles. The lowest BCUT2D eigenvalue weighted by atomic mass is 10.2. The number of nitrogens with one attached hydrogen (secondary N) is 1. The molecule has 3 aromatic rings. The van der Waals surface area contributed by atoms with Gasteiger partial charge in [0.05, 0.1) is 12.1 Å². The van der Waals surface area contributed by atoms with Gasteiger partial charge >= 0.3 is 0 Å². The molecule has 2 aromatic carbocycles. The van der Waals surface area contributed by atoms with E-state index in [1.54, 1.807) is 19.2 Å². The molecule has 0 fully saturated rings. The fourth-order valence-corrected chi connectivity index (χ4v) is 2.45. The molecule has 7 nitrogen and oxygen atoms in total. The number of benzene rings is 2. The van der Waals surface area contributed by atoms with Gasteiger partial charge < -0.3 is 20.5 Å². The molecule has 0 saturated heterocycles. The number of anilines is 1. The van der Waals surface area contributed by atoms with E-state index in [0.29, 0.717) is 28.6 Å². The largest absolute Gasteiger partial charge is 0.493 e. The fourth-order valence-electron chi connectivity index (χ4n) is 2.27. The second-order valence-electron chi connectivity index (χ2n) is 5.29. The number of nitrogens with two attached hydrogens (primary N) is 1. The molecule has 1 heterocycles. The summed E-state index contributed by atoms with van der Waals surface area (Å²) < 4.78 is 29.0. The van der Waals surface area contributed by atoms with Gasteiger partial charge in [-0.1, -0.05) is 34.0 Å². The SMILES string of the molecule is COc1ccccc1OCc1nonc1C(N)Nc1ccc(F)c(Cl)c1. The number of nitrogens with zero attached hydrogens (tertiary/aromatic N) is 2. The lowest BCUT2D eigenvalue weighted by Crippen LogP contribution is -2.22. The predicted octanol–water partition coefficient (Wildman–Crippen LogP) is 3.52. The number of para-hydroxylation sites is 2. The minimum absolute atomic E-state index is 0.0137. The van der Waals surface area contributed by atoms with Crippen molar-refractivity contribution in [2.24, 2.45) is 5.73 Å². The highest BCUT2D eigenvalue weighted by Crippen LogP contribution is 2.27. The number of aromatic nitrogens is 2. The van der Waals surface area contributed by atoms with Gasteiger partial charge in [-0.25, -0.2) is 9.02 Å². The van der Waals surface area contributed by atoms with Crippen LogP contribution in [0, 0.1) is 5.82 Å². The molecule has 26 heavy (non-hydrogen) atoms. The third-order valence-corrected chi connectivity index (χ3v) is 3.85. The number of ether oxygens (including phenoxy) is 2. The number of hydrogen-bond donors (Lipinski definition) is 2. The van der Waals surface area contributed by atoms with Crippen LogP contribution in [0.5, 0.6) is 11.5 Å². The molecule has 0 radical (unpaired) electrons. The minimum Gasteiger partial charge on any atom is -0.493 e. The van der Waals surface area contributed by atoms with E-state index in [4.69, 9.17) is 31.4 Å². The summed E-state index contributed by atoms with van der Waals surface area (Å²) in [6.07, 6.45) is -0.751. The van der Waals surface area contributed by atoms with Crippen LogP contribution in [0.1, 0.15) is 17.6 Å². The molecular weight excluding hydrogens is 363 g/mol. The summed E-state index contributed by atoms with van der Waals surface area (Å²) in [5, 5.41) is 10.6. The first-order chi connectivity index (χ1) is 12.6. The highest BCUT2D eigenvalue weighted by molar-refractivity contribution is 6.31. The van der Waals surface area contributed by atoms with Gasteiger partial charge in [0.15, 0.2) is 11.5 Å². The highest BCUT2D eigenvalue weighted by atomic mass is 35.5. The van der Waals surface area contributed by atoms with Crippen LogP contribution in [0.3, 0.4) is 0 Å². The summed E-state index contributed by atoms with van der Waals surface area (Å²) in [6.45, 7) is 0.0821. The monoisotopic (exact) mass is 378 g/mol. The van der Waals surface area contributed by atoms with E-state index < -0.39 is 12.0 Å². The molecule has 0 aliphatic heterocycles. The molecule has 1 unspecified atom stereocenters. The standard InChI is InChI=1S/C17H16ClFN4O3/c1-24-14-4-2-3-5-15(14)25-9-13-16(23-26-22-13)17(20)21-10-6-7-12(19)11(18)8-10/h2-8,17,21H,9,20H2,1H3. The molecule has 1 aromatic heterocycles. The third kappa shape index (κ3) is 4.04. The molecule has 0 amide bonds. The Labute approximate surface area is 153 Å². The van der Waals surface area contributed by atoms with Gasteiger partial charge in [0, 0.05) is 5.69 Å². The highest BCUT2D eigenvalue weighted by Gasteiger charge is 2.19. The van der Waals surface area contributed by atoms with Crippen molar-refractivity contribution in [3.05, 3.63) is 64.7 Å². The van der Waals surface area contributed by atoms with Crippen LogP contribution in [-0.4, -0.2) is 17.4 Å². The van der Waals surface area contributed by atoms with E-state index in [1.165, 1.54) is 18.2 Å². The van der Waals surface area contributed by atoms with Crippen molar-refractivity contribution < 1.29 is 18.5 Å². The molecule has 1 atom stereocenters. The van der Waals surface area contributed by atoms with Crippen LogP contribution in [0.4, 0.5) is 10.1 Å². The molecule has 9 heteroatoms. The van der Waals surface area contributed by atoms with Crippen LogP contribution < -0.4 is 20.5 Å². The lowest BCUT2D eigenvalue weighted by Gasteiger charge is -2.14. The molecular formula is C17H16ClFN4O3. The zero-order valence-electron chi connectivity index (χ0n) is 13.8. The zero-order chi connectivity index (χ0) is 18.5. The molecule has 0 bridgehead atoms. The van der Waals surface area contributed by atoms with Crippen molar-refractivity contribution in [2.45, 2.75) is 12.8 Å². The fraction of sp³-hybridized carbons (Fsp3) is 0.176. The van der Waals surface area contributed by atoms with Crippen LogP contribution in [0.25, 0.3) is 0 Å². The van der Waals surface area contributed by atoms with E-state index >= 15 is 0 Å². The zero-order valence-corrected chi connectivity index (χ0v) is 14.5. The minimum atomic E-state index is -0.751. The van der Waals surface area contributed by atoms with E-state index in [0.717, 1.165) is 0 Å². The number of halogens is 2. The van der Waals surface area contributed by atoms with E-state index in [9.17, 15) is 4.39 Å². The van der Waals surface area contributed by atoms with Crippen molar-refractivity contribution >= 4 is 17.3 Å². The average molecular weight is 379 g/mol.